The minimum absolute atomic E-state index is 0.136. The molecule has 4 nitrogen and oxygen atoms in total. The van der Waals surface area contributed by atoms with Crippen LogP contribution in [-0.4, -0.2) is 18.4 Å². The van der Waals surface area contributed by atoms with Crippen molar-refractivity contribution in [2.45, 2.75) is 51.9 Å². The Hall–Kier alpha value is -1.84. The predicted octanol–water partition coefficient (Wildman–Crippen LogP) is 3.89. The van der Waals surface area contributed by atoms with Gasteiger partial charge in [0.25, 0.3) is 0 Å². The molecule has 1 aromatic rings. The molecule has 4 rings (SSSR count). The monoisotopic (exact) mass is 326 g/mol. The highest BCUT2D eigenvalue weighted by molar-refractivity contribution is 5.97. The molecule has 2 aliphatic carbocycles. The Kier molecular flexibility index (Phi) is 4.07. The fraction of sp³-hybridized carbons (Fsp3) is 0.600. The van der Waals surface area contributed by atoms with Crippen LogP contribution in [0.5, 0.6) is 0 Å². The maximum absolute atomic E-state index is 12.4. The fourth-order valence-corrected chi connectivity index (χ4v) is 5.02. The quantitative estimate of drug-likeness (QED) is 0.912. The first kappa shape index (κ1) is 15.7. The van der Waals surface area contributed by atoms with Gasteiger partial charge in [0, 0.05) is 30.8 Å². The predicted molar refractivity (Wildman–Crippen MR) is 95.0 cm³/mol. The molecule has 4 heteroatoms. The second-order valence-electron chi connectivity index (χ2n) is 7.84. The third kappa shape index (κ3) is 2.94. The van der Waals surface area contributed by atoms with Crippen molar-refractivity contribution in [1.29, 1.82) is 0 Å². The highest BCUT2D eigenvalue weighted by Gasteiger charge is 2.40. The van der Waals surface area contributed by atoms with E-state index in [4.69, 9.17) is 0 Å². The lowest BCUT2D eigenvalue weighted by atomic mass is 9.86. The van der Waals surface area contributed by atoms with Crippen molar-refractivity contribution >= 4 is 23.2 Å². The van der Waals surface area contributed by atoms with E-state index in [1.807, 2.05) is 30.0 Å². The minimum atomic E-state index is 0.136. The number of benzene rings is 1. The SMILES string of the molecule is Cc1cc(NC(=O)C[C@H]2C[C@H]3CC[C@H]2C3)ccc1N1CCCC1=O. The number of amides is 2. The molecule has 1 aliphatic heterocycles. The summed E-state index contributed by atoms with van der Waals surface area (Å²) < 4.78 is 0. The standard InChI is InChI=1S/C20H26N2O2/c1-13-9-17(6-7-18(13)22-8-2-3-20(22)24)21-19(23)12-16-11-14-4-5-15(16)10-14/h6-7,9,14-16H,2-5,8,10-12H2,1H3,(H,21,23)/t14-,15-,16+/m0/s1. The van der Waals surface area contributed by atoms with E-state index in [2.05, 4.69) is 5.32 Å². The van der Waals surface area contributed by atoms with Gasteiger partial charge in [-0.2, -0.15) is 0 Å². The molecule has 1 heterocycles. The Morgan fingerprint density at radius 3 is 2.79 bits per heavy atom. The molecule has 0 unspecified atom stereocenters. The van der Waals surface area contributed by atoms with Crippen LogP contribution >= 0.6 is 0 Å². The summed E-state index contributed by atoms with van der Waals surface area (Å²) >= 11 is 0. The summed E-state index contributed by atoms with van der Waals surface area (Å²) in [6.07, 6.45) is 7.51. The lowest BCUT2D eigenvalue weighted by molar-refractivity contribution is -0.118. The highest BCUT2D eigenvalue weighted by atomic mass is 16.2. The van der Waals surface area contributed by atoms with Crippen LogP contribution in [0, 0.1) is 24.7 Å². The molecule has 128 valence electrons. The van der Waals surface area contributed by atoms with E-state index >= 15 is 0 Å². The maximum Gasteiger partial charge on any atom is 0.227 e. The van der Waals surface area contributed by atoms with Crippen LogP contribution in [0.2, 0.25) is 0 Å². The van der Waals surface area contributed by atoms with Gasteiger partial charge in [-0.05, 0) is 74.1 Å². The largest absolute Gasteiger partial charge is 0.326 e. The molecule has 3 fully saturated rings. The Bertz CT molecular complexity index is 670. The molecule has 3 aliphatic rings. The number of hydrogen-bond donors (Lipinski definition) is 1. The number of nitrogens with zero attached hydrogens (tertiary/aromatic N) is 1. The van der Waals surface area contributed by atoms with Gasteiger partial charge in [0.15, 0.2) is 0 Å². The molecule has 0 spiro atoms. The van der Waals surface area contributed by atoms with Gasteiger partial charge >= 0.3 is 0 Å². The zero-order valence-corrected chi connectivity index (χ0v) is 14.4. The lowest BCUT2D eigenvalue weighted by Gasteiger charge is -2.21. The van der Waals surface area contributed by atoms with Crippen molar-refractivity contribution < 1.29 is 9.59 Å². The van der Waals surface area contributed by atoms with E-state index in [1.165, 1.54) is 25.7 Å². The van der Waals surface area contributed by atoms with Crippen molar-refractivity contribution in [1.82, 2.24) is 0 Å². The molecule has 2 amide bonds. The number of hydrogen-bond acceptors (Lipinski definition) is 2. The topological polar surface area (TPSA) is 49.4 Å². The van der Waals surface area contributed by atoms with Crippen LogP contribution in [0.15, 0.2) is 18.2 Å². The van der Waals surface area contributed by atoms with Crippen LogP contribution in [0.4, 0.5) is 11.4 Å². The van der Waals surface area contributed by atoms with Gasteiger partial charge in [0.1, 0.15) is 0 Å². The fourth-order valence-electron chi connectivity index (χ4n) is 5.02. The Morgan fingerprint density at radius 1 is 1.29 bits per heavy atom. The summed E-state index contributed by atoms with van der Waals surface area (Å²) in [6, 6.07) is 5.87. The summed E-state index contributed by atoms with van der Waals surface area (Å²) in [7, 11) is 0. The van der Waals surface area contributed by atoms with Gasteiger partial charge in [0.2, 0.25) is 11.8 Å². The first-order valence-electron chi connectivity index (χ1n) is 9.31. The minimum Gasteiger partial charge on any atom is -0.326 e. The molecule has 2 bridgehead atoms. The van der Waals surface area contributed by atoms with E-state index in [1.54, 1.807) is 0 Å². The zero-order chi connectivity index (χ0) is 16.7. The average Bonchev–Trinajstić information content (AvgIpc) is 3.24. The zero-order valence-electron chi connectivity index (χ0n) is 14.4. The Balaban J connectivity index is 1.38. The number of carbonyl (C=O) groups is 2. The summed E-state index contributed by atoms with van der Waals surface area (Å²) in [6.45, 7) is 2.81. The third-order valence-electron chi connectivity index (χ3n) is 6.18. The molecule has 24 heavy (non-hydrogen) atoms. The molecular weight excluding hydrogens is 300 g/mol. The van der Waals surface area contributed by atoms with E-state index in [0.29, 0.717) is 18.8 Å². The van der Waals surface area contributed by atoms with E-state index < -0.39 is 0 Å². The molecule has 0 aromatic heterocycles. The summed E-state index contributed by atoms with van der Waals surface area (Å²) in [5.41, 5.74) is 2.86. The Labute approximate surface area is 143 Å². The smallest absolute Gasteiger partial charge is 0.227 e. The summed E-state index contributed by atoms with van der Waals surface area (Å²) in [4.78, 5) is 26.1. The van der Waals surface area contributed by atoms with Gasteiger partial charge in [-0.25, -0.2) is 0 Å². The van der Waals surface area contributed by atoms with Crippen LogP contribution in [0.25, 0.3) is 0 Å². The molecule has 2 saturated carbocycles. The van der Waals surface area contributed by atoms with Crippen LogP contribution in [-0.2, 0) is 9.59 Å². The molecular formula is C20H26N2O2. The Morgan fingerprint density at radius 2 is 2.17 bits per heavy atom. The van der Waals surface area contributed by atoms with Gasteiger partial charge in [-0.3, -0.25) is 9.59 Å². The average molecular weight is 326 g/mol. The third-order valence-corrected chi connectivity index (χ3v) is 6.18. The molecule has 1 aromatic carbocycles. The van der Waals surface area contributed by atoms with E-state index in [0.717, 1.165) is 41.7 Å². The number of nitrogens with one attached hydrogen (secondary N) is 1. The van der Waals surface area contributed by atoms with E-state index in [9.17, 15) is 9.59 Å². The normalized spacial score (nSPS) is 28.6. The summed E-state index contributed by atoms with van der Waals surface area (Å²) in [5.74, 6) is 2.59. The van der Waals surface area contributed by atoms with Gasteiger partial charge in [-0.15, -0.1) is 0 Å². The molecule has 0 radical (unpaired) electrons. The van der Waals surface area contributed by atoms with Crippen molar-refractivity contribution in [2.75, 3.05) is 16.8 Å². The van der Waals surface area contributed by atoms with Crippen LogP contribution in [0.3, 0.4) is 0 Å². The second kappa shape index (κ2) is 6.23. The summed E-state index contributed by atoms with van der Waals surface area (Å²) in [5, 5.41) is 3.06. The first-order valence-corrected chi connectivity index (χ1v) is 9.31. The van der Waals surface area contributed by atoms with Crippen molar-refractivity contribution in [2.24, 2.45) is 17.8 Å². The second-order valence-corrected chi connectivity index (χ2v) is 7.84. The molecule has 1 saturated heterocycles. The van der Waals surface area contributed by atoms with Crippen molar-refractivity contribution in [3.63, 3.8) is 0 Å². The van der Waals surface area contributed by atoms with Gasteiger partial charge in [0.05, 0.1) is 0 Å². The lowest BCUT2D eigenvalue weighted by Crippen LogP contribution is -2.24. The van der Waals surface area contributed by atoms with Gasteiger partial charge in [-0.1, -0.05) is 6.42 Å². The number of carbonyl (C=O) groups excluding carboxylic acids is 2. The van der Waals surface area contributed by atoms with Crippen molar-refractivity contribution in [3.8, 4) is 0 Å². The number of anilines is 2. The van der Waals surface area contributed by atoms with Crippen LogP contribution in [0.1, 0.15) is 50.5 Å². The van der Waals surface area contributed by atoms with E-state index in [-0.39, 0.29) is 11.8 Å². The van der Waals surface area contributed by atoms with Gasteiger partial charge < -0.3 is 10.2 Å². The maximum atomic E-state index is 12.4. The molecule has 1 N–H and O–H groups in total. The first-order chi connectivity index (χ1) is 11.6. The number of aryl methyl sites for hydroxylation is 1. The number of fused-ring (bicyclic) bond motifs is 2. The van der Waals surface area contributed by atoms with Crippen molar-refractivity contribution in [3.05, 3.63) is 23.8 Å². The number of rotatable bonds is 4. The highest BCUT2D eigenvalue weighted by Crippen LogP contribution is 2.49. The molecule has 3 atom stereocenters. The van der Waals surface area contributed by atoms with Crippen LogP contribution < -0.4 is 10.2 Å².